The molecule has 0 radical (unpaired) electrons. The molecule has 3 aromatic rings. The molecule has 0 bridgehead atoms. The van der Waals surface area contributed by atoms with Crippen molar-refractivity contribution in [3.8, 4) is 11.5 Å². The number of nitrogens with two attached hydrogens (primary N) is 2. The minimum absolute atomic E-state index is 0.0949. The van der Waals surface area contributed by atoms with Crippen molar-refractivity contribution in [2.45, 2.75) is 31.7 Å². The molecule has 5 N–H and O–H groups in total. The number of hydrogen-bond acceptors (Lipinski definition) is 10. The van der Waals surface area contributed by atoms with E-state index in [2.05, 4.69) is 15.1 Å². The van der Waals surface area contributed by atoms with Crippen LogP contribution in [0.1, 0.15) is 53.1 Å². The third-order valence-corrected chi connectivity index (χ3v) is 7.41. The van der Waals surface area contributed by atoms with Crippen molar-refractivity contribution in [2.75, 3.05) is 32.2 Å². The predicted octanol–water partition coefficient (Wildman–Crippen LogP) is 3.51. The number of benzene rings is 2. The zero-order chi connectivity index (χ0) is 30.5. The van der Waals surface area contributed by atoms with Crippen molar-refractivity contribution in [1.29, 1.82) is 0 Å². The first kappa shape index (κ1) is 29.3. The molecule has 1 saturated heterocycles. The van der Waals surface area contributed by atoms with Gasteiger partial charge in [-0.1, -0.05) is 30.3 Å². The molecule has 0 saturated carbocycles. The Bertz CT molecular complexity index is 1630. The van der Waals surface area contributed by atoms with E-state index in [1.54, 1.807) is 18.5 Å². The number of hydroxylamine groups is 2. The summed E-state index contributed by atoms with van der Waals surface area (Å²) in [5.41, 5.74) is 16.3. The maximum atomic E-state index is 13.6. The Morgan fingerprint density at radius 2 is 2.00 bits per heavy atom. The van der Waals surface area contributed by atoms with Gasteiger partial charge in [0.1, 0.15) is 5.82 Å². The van der Waals surface area contributed by atoms with Crippen LogP contribution in [0.5, 0.6) is 11.5 Å². The Kier molecular flexibility index (Phi) is 8.67. The molecular weight excluding hydrogens is 550 g/mol. The van der Waals surface area contributed by atoms with Gasteiger partial charge in [-0.05, 0) is 54.2 Å². The van der Waals surface area contributed by atoms with E-state index in [1.165, 1.54) is 25.3 Å². The van der Waals surface area contributed by atoms with E-state index < -0.39 is 0 Å². The molecule has 2 amide bonds. The largest absolute Gasteiger partial charge is 0.493 e. The van der Waals surface area contributed by atoms with Crippen LogP contribution < -0.4 is 20.9 Å². The van der Waals surface area contributed by atoms with E-state index in [-0.39, 0.29) is 36.2 Å². The third kappa shape index (κ3) is 6.33. The minimum atomic E-state index is -0.379. The summed E-state index contributed by atoms with van der Waals surface area (Å²) in [6, 6.07) is 11.1. The average molecular weight is 584 g/mol. The average Bonchev–Trinajstić information content (AvgIpc) is 3.33. The number of aromatic nitrogens is 2. The molecule has 5 rings (SSSR count). The molecule has 0 aliphatic carbocycles. The van der Waals surface area contributed by atoms with Gasteiger partial charge in [0, 0.05) is 35.4 Å². The van der Waals surface area contributed by atoms with Crippen molar-refractivity contribution >= 4 is 35.9 Å². The number of nitrogen functional groups attached to an aromatic ring is 2. The molecule has 1 aromatic heterocycles. The van der Waals surface area contributed by atoms with Crippen LogP contribution in [0.15, 0.2) is 65.4 Å². The van der Waals surface area contributed by atoms with Crippen molar-refractivity contribution in [3.05, 3.63) is 88.1 Å². The number of carbonyl (C=O) groups is 2. The number of fused-ring (bicyclic) bond motifs is 1. The zero-order valence-electron chi connectivity index (χ0n) is 23.9. The summed E-state index contributed by atoms with van der Waals surface area (Å²) in [6.07, 6.45) is 10.2. The minimum Gasteiger partial charge on any atom is -0.493 e. The molecule has 222 valence electrons. The van der Waals surface area contributed by atoms with E-state index in [1.807, 2.05) is 42.5 Å². The molecular formula is C31H33N7O5. The first-order valence-corrected chi connectivity index (χ1v) is 13.7. The first-order chi connectivity index (χ1) is 20.8. The zero-order valence-corrected chi connectivity index (χ0v) is 23.9. The Hall–Kier alpha value is -5.23. The first-order valence-electron chi connectivity index (χ1n) is 13.7. The van der Waals surface area contributed by atoms with Crippen molar-refractivity contribution in [3.63, 3.8) is 0 Å². The van der Waals surface area contributed by atoms with Crippen LogP contribution in [-0.4, -0.2) is 64.0 Å². The number of allylic oxidation sites excluding steroid dienone is 1. The highest BCUT2D eigenvalue weighted by molar-refractivity contribution is 5.95. The lowest BCUT2D eigenvalue weighted by atomic mass is 9.94. The molecule has 3 heterocycles. The van der Waals surface area contributed by atoms with Crippen LogP contribution in [0.2, 0.25) is 0 Å². The van der Waals surface area contributed by atoms with Crippen LogP contribution in [-0.2, 0) is 16.0 Å². The second kappa shape index (κ2) is 12.7. The number of anilines is 2. The molecule has 1 unspecified atom stereocenters. The number of rotatable bonds is 9. The maximum absolute atomic E-state index is 13.6. The van der Waals surface area contributed by atoms with Crippen molar-refractivity contribution < 1.29 is 24.3 Å². The van der Waals surface area contributed by atoms with Crippen LogP contribution >= 0.6 is 0 Å². The van der Waals surface area contributed by atoms with Gasteiger partial charge in [-0.25, -0.2) is 15.1 Å². The molecule has 43 heavy (non-hydrogen) atoms. The van der Waals surface area contributed by atoms with Gasteiger partial charge in [-0.15, -0.1) is 0 Å². The molecule has 12 heteroatoms. The number of nitrogens with zero attached hydrogens (tertiary/aromatic N) is 5. The summed E-state index contributed by atoms with van der Waals surface area (Å²) in [7, 11) is 3.07. The molecule has 2 aliphatic rings. The van der Waals surface area contributed by atoms with Gasteiger partial charge in [-0.2, -0.15) is 10.1 Å². The summed E-state index contributed by atoms with van der Waals surface area (Å²) in [5.74, 6) is 0.621. The highest BCUT2D eigenvalue weighted by Gasteiger charge is 2.29. The van der Waals surface area contributed by atoms with Gasteiger partial charge in [0.15, 0.2) is 11.5 Å². The monoisotopic (exact) mass is 583 g/mol. The molecule has 0 spiro atoms. The Morgan fingerprint density at radius 3 is 2.72 bits per heavy atom. The van der Waals surface area contributed by atoms with Gasteiger partial charge >= 0.3 is 0 Å². The molecule has 2 aromatic carbocycles. The van der Waals surface area contributed by atoms with E-state index in [9.17, 15) is 14.8 Å². The van der Waals surface area contributed by atoms with Crippen molar-refractivity contribution in [1.82, 2.24) is 20.0 Å². The fraction of sp³-hybridized carbons (Fsp3) is 0.258. The Balaban J connectivity index is 1.40. The number of amides is 2. The summed E-state index contributed by atoms with van der Waals surface area (Å²) in [5, 5.41) is 16.3. The van der Waals surface area contributed by atoms with E-state index in [0.29, 0.717) is 53.9 Å². The van der Waals surface area contributed by atoms with E-state index in [4.69, 9.17) is 20.9 Å². The molecule has 12 nitrogen and oxygen atoms in total. The van der Waals surface area contributed by atoms with Gasteiger partial charge in [-0.3, -0.25) is 14.8 Å². The summed E-state index contributed by atoms with van der Waals surface area (Å²) < 4.78 is 11.2. The second-order valence-corrected chi connectivity index (χ2v) is 10.1. The second-order valence-electron chi connectivity index (χ2n) is 10.1. The standard InChI is InChI=1S/C31H33N7O5/c1-42-26-16-19(15-23-17-34-31(33)36-29(23)32)14-21(28(26)43-2)10-11-27(39)38-25(24-8-4-3-6-22(24)18-35-38)9-5-7-20-12-13-37(41)30(20)40/h3-4,6-8,10-11,14,16-18,25,41H,5,9,12-13,15H2,1-2H3,(H4,32,33,34,36)/b11-10?,20-7+. The van der Waals surface area contributed by atoms with Gasteiger partial charge in [0.05, 0.1) is 33.0 Å². The lowest BCUT2D eigenvalue weighted by molar-refractivity contribution is -0.154. The quantitative estimate of drug-likeness (QED) is 0.252. The fourth-order valence-electron chi connectivity index (χ4n) is 5.27. The highest BCUT2D eigenvalue weighted by atomic mass is 16.5. The van der Waals surface area contributed by atoms with Crippen LogP contribution in [0.25, 0.3) is 6.08 Å². The number of carbonyl (C=O) groups excluding carboxylic acids is 2. The topological polar surface area (TPSA) is 169 Å². The van der Waals surface area contributed by atoms with Crippen LogP contribution in [0.3, 0.4) is 0 Å². The van der Waals surface area contributed by atoms with Crippen molar-refractivity contribution in [2.24, 2.45) is 5.10 Å². The number of hydrazone groups is 1. The smallest absolute Gasteiger partial charge is 0.272 e. The van der Waals surface area contributed by atoms with E-state index in [0.717, 1.165) is 21.8 Å². The normalized spacial score (nSPS) is 17.1. The predicted molar refractivity (Wildman–Crippen MR) is 161 cm³/mol. The highest BCUT2D eigenvalue weighted by Crippen LogP contribution is 2.36. The summed E-state index contributed by atoms with van der Waals surface area (Å²) in [6.45, 7) is 0.285. The maximum Gasteiger partial charge on any atom is 0.272 e. The van der Waals surface area contributed by atoms with Gasteiger partial charge in [0.2, 0.25) is 5.95 Å². The third-order valence-electron chi connectivity index (χ3n) is 7.41. The van der Waals surface area contributed by atoms with Crippen LogP contribution in [0, 0.1) is 0 Å². The van der Waals surface area contributed by atoms with Gasteiger partial charge in [0.25, 0.3) is 11.8 Å². The summed E-state index contributed by atoms with van der Waals surface area (Å²) >= 11 is 0. The number of ether oxygens (including phenoxy) is 2. The Morgan fingerprint density at radius 1 is 1.19 bits per heavy atom. The van der Waals surface area contributed by atoms with Gasteiger partial charge < -0.3 is 20.9 Å². The van der Waals surface area contributed by atoms with Crippen LogP contribution in [0.4, 0.5) is 11.8 Å². The fourth-order valence-corrected chi connectivity index (χ4v) is 5.27. The number of hydrogen-bond donors (Lipinski definition) is 3. The van der Waals surface area contributed by atoms with E-state index >= 15 is 0 Å². The number of methoxy groups -OCH3 is 2. The SMILES string of the molecule is COc1cc(Cc2cnc(N)nc2N)cc(C=CC(=O)N2N=Cc3ccccc3C2CC/C=C2\CCN(O)C2=O)c1OC. The molecule has 2 aliphatic heterocycles. The molecule has 1 fully saturated rings. The Labute approximate surface area is 248 Å². The molecule has 1 atom stereocenters. The lowest BCUT2D eigenvalue weighted by Gasteiger charge is -2.31. The lowest BCUT2D eigenvalue weighted by Crippen LogP contribution is -2.32. The summed E-state index contributed by atoms with van der Waals surface area (Å²) in [4.78, 5) is 33.8.